The molecule has 7 heteroatoms. The molecule has 1 N–H and O–H groups in total. The Morgan fingerprint density at radius 2 is 1.68 bits per heavy atom. The number of rotatable bonds is 5. The minimum Gasteiger partial charge on any atom is -0.495 e. The van der Waals surface area contributed by atoms with Gasteiger partial charge in [-0.15, -0.1) is 0 Å². The molecule has 0 atom stereocenters. The summed E-state index contributed by atoms with van der Waals surface area (Å²) >= 11 is 6.11. The Morgan fingerprint density at radius 1 is 1.04 bits per heavy atom. The van der Waals surface area contributed by atoms with E-state index in [-0.39, 0.29) is 17.7 Å². The van der Waals surface area contributed by atoms with Crippen molar-refractivity contribution in [3.8, 4) is 11.5 Å². The van der Waals surface area contributed by atoms with Gasteiger partial charge in [0.25, 0.3) is 5.91 Å². The first-order valence-electron chi connectivity index (χ1n) is 9.10. The van der Waals surface area contributed by atoms with Crippen molar-refractivity contribution >= 4 is 29.1 Å². The smallest absolute Gasteiger partial charge is 0.253 e. The van der Waals surface area contributed by atoms with E-state index in [9.17, 15) is 9.59 Å². The Kier molecular flexibility index (Phi) is 6.41. The number of methoxy groups -OCH3 is 2. The molecule has 2 aromatic carbocycles. The quantitative estimate of drug-likeness (QED) is 0.824. The Hall–Kier alpha value is -2.73. The van der Waals surface area contributed by atoms with Crippen molar-refractivity contribution in [3.63, 3.8) is 0 Å². The molecule has 1 aliphatic rings. The molecule has 1 fully saturated rings. The zero-order valence-corrected chi connectivity index (χ0v) is 16.7. The zero-order valence-electron chi connectivity index (χ0n) is 15.9. The van der Waals surface area contributed by atoms with E-state index < -0.39 is 0 Å². The van der Waals surface area contributed by atoms with E-state index in [1.807, 2.05) is 18.2 Å². The van der Waals surface area contributed by atoms with Crippen LogP contribution in [0.4, 0.5) is 5.69 Å². The standard InChI is InChI=1S/C21H23ClN2O4/c1-27-18-13-17(19(28-2)12-16(18)22)23-20(25)14-8-10-24(11-9-14)21(26)15-6-4-3-5-7-15/h3-7,12-14H,8-11H2,1-2H3,(H,23,25). The predicted octanol–water partition coefficient (Wildman–Crippen LogP) is 3.85. The van der Waals surface area contributed by atoms with E-state index in [4.69, 9.17) is 21.1 Å². The molecule has 0 unspecified atom stereocenters. The lowest BCUT2D eigenvalue weighted by Gasteiger charge is -2.31. The fourth-order valence-electron chi connectivity index (χ4n) is 3.30. The maximum absolute atomic E-state index is 12.7. The van der Waals surface area contributed by atoms with E-state index >= 15 is 0 Å². The van der Waals surface area contributed by atoms with Gasteiger partial charge in [-0.2, -0.15) is 0 Å². The number of hydrogen-bond acceptors (Lipinski definition) is 4. The molecule has 0 aromatic heterocycles. The molecule has 2 aromatic rings. The second kappa shape index (κ2) is 8.97. The second-order valence-corrected chi connectivity index (χ2v) is 7.02. The van der Waals surface area contributed by atoms with Gasteiger partial charge in [0.1, 0.15) is 11.5 Å². The summed E-state index contributed by atoms with van der Waals surface area (Å²) in [6.45, 7) is 1.10. The number of anilines is 1. The van der Waals surface area contributed by atoms with Crippen LogP contribution in [-0.2, 0) is 4.79 Å². The number of nitrogens with zero attached hydrogens (tertiary/aromatic N) is 1. The molecule has 2 amide bonds. The Labute approximate surface area is 169 Å². The summed E-state index contributed by atoms with van der Waals surface area (Å²) < 4.78 is 10.5. The molecular weight excluding hydrogens is 380 g/mol. The molecule has 1 heterocycles. The molecule has 0 bridgehead atoms. The van der Waals surface area contributed by atoms with Gasteiger partial charge >= 0.3 is 0 Å². The van der Waals surface area contributed by atoms with E-state index in [2.05, 4.69) is 5.32 Å². The van der Waals surface area contributed by atoms with Crippen molar-refractivity contribution in [2.24, 2.45) is 5.92 Å². The second-order valence-electron chi connectivity index (χ2n) is 6.61. The van der Waals surface area contributed by atoms with Gasteiger partial charge in [0, 0.05) is 36.7 Å². The number of likely N-dealkylation sites (tertiary alicyclic amines) is 1. The lowest BCUT2D eigenvalue weighted by molar-refractivity contribution is -0.121. The van der Waals surface area contributed by atoms with Crippen LogP contribution in [0.15, 0.2) is 42.5 Å². The van der Waals surface area contributed by atoms with Gasteiger partial charge in [-0.05, 0) is 25.0 Å². The fraction of sp³-hybridized carbons (Fsp3) is 0.333. The first-order chi connectivity index (χ1) is 13.5. The third-order valence-electron chi connectivity index (χ3n) is 4.91. The summed E-state index contributed by atoms with van der Waals surface area (Å²) in [6, 6.07) is 12.4. The Bertz CT molecular complexity index is 849. The van der Waals surface area contributed by atoms with Gasteiger partial charge in [0.2, 0.25) is 5.91 Å². The minimum absolute atomic E-state index is 0.00330. The molecule has 0 radical (unpaired) electrons. The van der Waals surface area contributed by atoms with Crippen LogP contribution in [0.3, 0.4) is 0 Å². The molecule has 1 aliphatic heterocycles. The summed E-state index contributed by atoms with van der Waals surface area (Å²) in [5, 5.41) is 3.31. The van der Waals surface area contributed by atoms with Crippen LogP contribution in [0.5, 0.6) is 11.5 Å². The van der Waals surface area contributed by atoms with Crippen LogP contribution in [-0.4, -0.2) is 44.0 Å². The summed E-state index contributed by atoms with van der Waals surface area (Å²) in [5.74, 6) is 0.654. The number of hydrogen-bond donors (Lipinski definition) is 1. The molecule has 0 spiro atoms. The van der Waals surface area contributed by atoms with Crippen LogP contribution in [0.25, 0.3) is 0 Å². The van der Waals surface area contributed by atoms with Gasteiger partial charge < -0.3 is 19.7 Å². The van der Waals surface area contributed by atoms with Gasteiger partial charge in [-0.25, -0.2) is 0 Å². The van der Waals surface area contributed by atoms with E-state index in [0.717, 1.165) is 0 Å². The number of carbonyl (C=O) groups is 2. The Morgan fingerprint density at radius 3 is 2.29 bits per heavy atom. The molecule has 0 aliphatic carbocycles. The highest BCUT2D eigenvalue weighted by Gasteiger charge is 2.28. The maximum Gasteiger partial charge on any atom is 0.253 e. The summed E-state index contributed by atoms with van der Waals surface area (Å²) in [4.78, 5) is 27.1. The minimum atomic E-state index is -0.175. The third-order valence-corrected chi connectivity index (χ3v) is 5.20. The lowest BCUT2D eigenvalue weighted by Crippen LogP contribution is -2.41. The molecule has 1 saturated heterocycles. The molecule has 148 valence electrons. The highest BCUT2D eigenvalue weighted by Crippen LogP contribution is 2.36. The predicted molar refractivity (Wildman–Crippen MR) is 108 cm³/mol. The van der Waals surface area contributed by atoms with Crippen molar-refractivity contribution in [2.45, 2.75) is 12.8 Å². The average Bonchev–Trinajstić information content (AvgIpc) is 2.74. The van der Waals surface area contributed by atoms with Crippen LogP contribution in [0, 0.1) is 5.92 Å². The number of amides is 2. The number of piperidine rings is 1. The summed E-state index contributed by atoms with van der Waals surface area (Å²) in [5.41, 5.74) is 1.18. The van der Waals surface area contributed by atoms with Crippen molar-refractivity contribution in [2.75, 3.05) is 32.6 Å². The number of carbonyl (C=O) groups excluding carboxylic acids is 2. The highest BCUT2D eigenvalue weighted by atomic mass is 35.5. The highest BCUT2D eigenvalue weighted by molar-refractivity contribution is 6.32. The normalized spacial score (nSPS) is 14.5. The Balaban J connectivity index is 1.62. The fourth-order valence-corrected chi connectivity index (χ4v) is 3.53. The molecule has 3 rings (SSSR count). The molecule has 0 saturated carbocycles. The number of nitrogens with one attached hydrogen (secondary N) is 1. The van der Waals surface area contributed by atoms with Gasteiger partial charge in [0.05, 0.1) is 24.9 Å². The van der Waals surface area contributed by atoms with Crippen LogP contribution in [0.1, 0.15) is 23.2 Å². The number of ether oxygens (including phenoxy) is 2. The number of benzene rings is 2. The van der Waals surface area contributed by atoms with Crippen molar-refractivity contribution in [3.05, 3.63) is 53.1 Å². The van der Waals surface area contributed by atoms with Crippen molar-refractivity contribution in [1.82, 2.24) is 4.90 Å². The van der Waals surface area contributed by atoms with E-state index in [0.29, 0.717) is 53.7 Å². The summed E-state index contributed by atoms with van der Waals surface area (Å²) in [6.07, 6.45) is 1.22. The monoisotopic (exact) mass is 402 g/mol. The first-order valence-corrected chi connectivity index (χ1v) is 9.48. The average molecular weight is 403 g/mol. The van der Waals surface area contributed by atoms with Gasteiger partial charge in [-0.1, -0.05) is 29.8 Å². The number of halogens is 1. The van der Waals surface area contributed by atoms with E-state index in [1.54, 1.807) is 29.2 Å². The topological polar surface area (TPSA) is 67.9 Å². The zero-order chi connectivity index (χ0) is 20.1. The largest absolute Gasteiger partial charge is 0.495 e. The molecule has 6 nitrogen and oxygen atoms in total. The van der Waals surface area contributed by atoms with Crippen LogP contribution < -0.4 is 14.8 Å². The van der Waals surface area contributed by atoms with Gasteiger partial charge in [0.15, 0.2) is 0 Å². The molecular formula is C21H23ClN2O4. The maximum atomic E-state index is 12.7. The summed E-state index contributed by atoms with van der Waals surface area (Å²) in [7, 11) is 3.03. The molecule has 28 heavy (non-hydrogen) atoms. The van der Waals surface area contributed by atoms with Crippen LogP contribution >= 0.6 is 11.6 Å². The van der Waals surface area contributed by atoms with Crippen molar-refractivity contribution in [1.29, 1.82) is 0 Å². The lowest BCUT2D eigenvalue weighted by atomic mass is 9.95. The third kappa shape index (κ3) is 4.39. The van der Waals surface area contributed by atoms with Crippen molar-refractivity contribution < 1.29 is 19.1 Å². The first kappa shape index (κ1) is 20.0. The van der Waals surface area contributed by atoms with Crippen LogP contribution in [0.2, 0.25) is 5.02 Å². The van der Waals surface area contributed by atoms with E-state index in [1.165, 1.54) is 14.2 Å². The SMILES string of the molecule is COc1cc(NC(=O)C2CCN(C(=O)c3ccccc3)CC2)c(OC)cc1Cl. The van der Waals surface area contributed by atoms with Gasteiger partial charge in [-0.3, -0.25) is 9.59 Å².